The molecule has 1 heterocycles. The molecule has 2 amide bonds. The highest BCUT2D eigenvalue weighted by molar-refractivity contribution is 6.00. The van der Waals surface area contributed by atoms with Gasteiger partial charge in [0.2, 0.25) is 11.8 Å². The Kier molecular flexibility index (Phi) is 7.21. The average Bonchev–Trinajstić information content (AvgIpc) is 3.29. The van der Waals surface area contributed by atoms with E-state index in [1.807, 2.05) is 50.2 Å². The minimum atomic E-state index is -1.09. The van der Waals surface area contributed by atoms with Crippen molar-refractivity contribution in [2.45, 2.75) is 59.0 Å². The third kappa shape index (κ3) is 5.10. The molecule has 40 heavy (non-hydrogen) atoms. The fourth-order valence-electron chi connectivity index (χ4n) is 6.14. The number of ether oxygens (including phenoxy) is 1. The predicted octanol–water partition coefficient (Wildman–Crippen LogP) is 7.06. The van der Waals surface area contributed by atoms with Crippen molar-refractivity contribution in [3.05, 3.63) is 95.7 Å². The molecule has 208 valence electrons. The fraction of sp³-hybridized carbons (Fsp3) is 0.353. The number of fused-ring (bicyclic) bond motifs is 1. The number of aryl methyl sites for hydroxylation is 1. The molecule has 1 saturated carbocycles. The molecule has 6 nitrogen and oxygen atoms in total. The number of carbonyl (C=O) groups excluding carboxylic acids is 2. The van der Waals surface area contributed by atoms with Gasteiger partial charge in [-0.2, -0.15) is 0 Å². The zero-order valence-electron chi connectivity index (χ0n) is 24.2. The first-order valence-electron chi connectivity index (χ1n) is 13.9. The number of nitrogens with one attached hydrogen (secondary N) is 2. The first-order valence-corrected chi connectivity index (χ1v) is 13.9. The summed E-state index contributed by atoms with van der Waals surface area (Å²) in [4.78, 5) is 33.1. The van der Waals surface area contributed by atoms with Crippen molar-refractivity contribution in [2.75, 3.05) is 12.4 Å². The highest BCUT2D eigenvalue weighted by Gasteiger charge is 2.60. The first kappa shape index (κ1) is 27.5. The van der Waals surface area contributed by atoms with Crippen molar-refractivity contribution in [3.8, 4) is 5.75 Å². The minimum absolute atomic E-state index is 0.0168. The predicted molar refractivity (Wildman–Crippen MR) is 160 cm³/mol. The lowest BCUT2D eigenvalue weighted by molar-refractivity contribution is -0.144. The van der Waals surface area contributed by atoms with Gasteiger partial charge in [-0.1, -0.05) is 62.4 Å². The third-order valence-corrected chi connectivity index (χ3v) is 8.76. The maximum atomic E-state index is 14.2. The van der Waals surface area contributed by atoms with E-state index in [4.69, 9.17) is 4.74 Å². The van der Waals surface area contributed by atoms with Crippen molar-refractivity contribution < 1.29 is 14.3 Å². The van der Waals surface area contributed by atoms with E-state index in [1.165, 1.54) is 10.9 Å². The highest BCUT2D eigenvalue weighted by atomic mass is 16.5. The number of H-pyrrole nitrogens is 1. The van der Waals surface area contributed by atoms with Gasteiger partial charge >= 0.3 is 0 Å². The molecule has 1 aliphatic carbocycles. The molecule has 0 spiro atoms. The monoisotopic (exact) mass is 537 g/mol. The summed E-state index contributed by atoms with van der Waals surface area (Å²) in [6, 6.07) is 25.5. The van der Waals surface area contributed by atoms with Crippen LogP contribution in [0.3, 0.4) is 0 Å². The number of anilines is 1. The number of methoxy groups -OCH3 is 1. The number of amides is 2. The number of hydrogen-bond donors (Lipinski definition) is 2. The topological polar surface area (TPSA) is 74.4 Å². The molecule has 0 radical (unpaired) electrons. The Morgan fingerprint density at radius 3 is 2.30 bits per heavy atom. The second-order valence-electron chi connectivity index (χ2n) is 12.0. The van der Waals surface area contributed by atoms with E-state index in [9.17, 15) is 9.59 Å². The second-order valence-corrected chi connectivity index (χ2v) is 12.0. The van der Waals surface area contributed by atoms with Gasteiger partial charge in [0, 0.05) is 35.2 Å². The molecule has 0 aliphatic heterocycles. The van der Waals surface area contributed by atoms with E-state index in [0.29, 0.717) is 24.4 Å². The van der Waals surface area contributed by atoms with Crippen molar-refractivity contribution in [1.82, 2.24) is 9.88 Å². The Morgan fingerprint density at radius 2 is 1.62 bits per heavy atom. The van der Waals surface area contributed by atoms with Crippen LogP contribution >= 0.6 is 0 Å². The van der Waals surface area contributed by atoms with E-state index in [1.54, 1.807) is 36.3 Å². The summed E-state index contributed by atoms with van der Waals surface area (Å²) >= 11 is 0. The zero-order valence-corrected chi connectivity index (χ0v) is 24.2. The lowest BCUT2D eigenvalue weighted by atomic mass is 9.97. The molecule has 4 aromatic rings. The van der Waals surface area contributed by atoms with Gasteiger partial charge in [0.25, 0.3) is 0 Å². The van der Waals surface area contributed by atoms with Crippen LogP contribution in [0.25, 0.3) is 10.9 Å². The van der Waals surface area contributed by atoms with Gasteiger partial charge in [0.05, 0.1) is 7.11 Å². The number of carbonyl (C=O) groups is 2. The molecule has 0 unspecified atom stereocenters. The molecular weight excluding hydrogens is 498 g/mol. The molecule has 2 atom stereocenters. The molecule has 1 fully saturated rings. The molecule has 1 aliphatic rings. The maximum absolute atomic E-state index is 14.2. The van der Waals surface area contributed by atoms with Gasteiger partial charge in [-0.3, -0.25) is 9.59 Å². The maximum Gasteiger partial charge on any atom is 0.249 e. The quantitative estimate of drug-likeness (QED) is 0.240. The third-order valence-electron chi connectivity index (χ3n) is 8.76. The Labute approximate surface area is 236 Å². The van der Waals surface area contributed by atoms with Crippen LogP contribution < -0.4 is 10.1 Å². The number of aromatic amines is 1. The number of benzene rings is 3. The van der Waals surface area contributed by atoms with Crippen molar-refractivity contribution in [2.24, 2.45) is 11.3 Å². The summed E-state index contributed by atoms with van der Waals surface area (Å²) in [5, 5.41) is 4.24. The highest BCUT2D eigenvalue weighted by Crippen LogP contribution is 2.67. The van der Waals surface area contributed by atoms with Crippen LogP contribution in [-0.4, -0.2) is 34.3 Å². The van der Waals surface area contributed by atoms with Crippen LogP contribution in [-0.2, 0) is 16.1 Å². The SMILES string of the molecule is COc1ccc(NC(=O)C(C)(C)N(Cc2ccccc2)C(=O)C[C@@H]2[C@@H](c3c(C)[nH]c4ccccc34)C2(C)C)cc1. The largest absolute Gasteiger partial charge is 0.497 e. The Bertz CT molecular complexity index is 1520. The van der Waals surface area contributed by atoms with Crippen LogP contribution in [0, 0.1) is 18.3 Å². The van der Waals surface area contributed by atoms with Crippen LogP contribution in [0.2, 0.25) is 0 Å². The summed E-state index contributed by atoms with van der Waals surface area (Å²) in [5.74, 6) is 0.905. The van der Waals surface area contributed by atoms with Gasteiger partial charge in [-0.05, 0) is 79.5 Å². The molecule has 5 rings (SSSR count). The van der Waals surface area contributed by atoms with Crippen molar-refractivity contribution >= 4 is 28.4 Å². The fourth-order valence-corrected chi connectivity index (χ4v) is 6.14. The lowest BCUT2D eigenvalue weighted by Crippen LogP contribution is -2.54. The summed E-state index contributed by atoms with van der Waals surface area (Å²) < 4.78 is 5.24. The van der Waals surface area contributed by atoms with Crippen LogP contribution in [0.15, 0.2) is 78.9 Å². The average molecular weight is 538 g/mol. The van der Waals surface area contributed by atoms with Gasteiger partial charge < -0.3 is 19.9 Å². The van der Waals surface area contributed by atoms with Gasteiger partial charge in [-0.25, -0.2) is 0 Å². The van der Waals surface area contributed by atoms with Gasteiger partial charge in [0.15, 0.2) is 0 Å². The van der Waals surface area contributed by atoms with Gasteiger partial charge in [-0.15, -0.1) is 0 Å². The zero-order chi connectivity index (χ0) is 28.7. The summed E-state index contributed by atoms with van der Waals surface area (Å²) in [5.41, 5.74) is 4.13. The van der Waals surface area contributed by atoms with Gasteiger partial charge in [0.1, 0.15) is 11.3 Å². The van der Waals surface area contributed by atoms with E-state index in [0.717, 1.165) is 16.8 Å². The van der Waals surface area contributed by atoms with Crippen LogP contribution in [0.4, 0.5) is 5.69 Å². The molecule has 3 aromatic carbocycles. The molecule has 6 heteroatoms. The Balaban J connectivity index is 1.40. The standard InChI is InChI=1S/C34H39N3O3/c1-22-30(26-14-10-11-15-28(26)35-22)31-27(33(31,2)3)20-29(38)37(21-23-12-8-7-9-13-23)34(4,5)32(39)36-24-16-18-25(40-6)19-17-24/h7-19,27,31,35H,20-21H2,1-6H3,(H,36,39)/t27-,31+/m1/s1. The summed E-state index contributed by atoms with van der Waals surface area (Å²) in [6.07, 6.45) is 0.378. The number of rotatable bonds is 9. The Morgan fingerprint density at radius 1 is 0.975 bits per heavy atom. The molecule has 1 aromatic heterocycles. The smallest absolute Gasteiger partial charge is 0.249 e. The number of aromatic nitrogens is 1. The van der Waals surface area contributed by atoms with Crippen molar-refractivity contribution in [3.63, 3.8) is 0 Å². The second kappa shape index (κ2) is 10.5. The normalized spacial score (nSPS) is 17.9. The van der Waals surface area contributed by atoms with E-state index in [-0.39, 0.29) is 29.1 Å². The van der Waals surface area contributed by atoms with Crippen LogP contribution in [0.5, 0.6) is 5.75 Å². The summed E-state index contributed by atoms with van der Waals surface area (Å²) in [6.45, 7) is 10.6. The summed E-state index contributed by atoms with van der Waals surface area (Å²) in [7, 11) is 1.61. The molecule has 0 saturated heterocycles. The number of nitrogens with zero attached hydrogens (tertiary/aromatic N) is 1. The molecule has 2 N–H and O–H groups in total. The van der Waals surface area contributed by atoms with Crippen LogP contribution in [0.1, 0.15) is 56.9 Å². The lowest BCUT2D eigenvalue weighted by Gasteiger charge is -2.38. The van der Waals surface area contributed by atoms with Crippen molar-refractivity contribution in [1.29, 1.82) is 0 Å². The van der Waals surface area contributed by atoms with E-state index >= 15 is 0 Å². The number of para-hydroxylation sites is 1. The first-order chi connectivity index (χ1) is 19.0. The van der Waals surface area contributed by atoms with E-state index < -0.39 is 5.54 Å². The molecule has 0 bridgehead atoms. The number of hydrogen-bond acceptors (Lipinski definition) is 3. The van der Waals surface area contributed by atoms with E-state index in [2.05, 4.69) is 49.3 Å². The Hall–Kier alpha value is -4.06. The minimum Gasteiger partial charge on any atom is -0.497 e. The molecular formula is C34H39N3O3.